The lowest BCUT2D eigenvalue weighted by molar-refractivity contribution is 0.114. The van der Waals surface area contributed by atoms with Crippen molar-refractivity contribution in [3.63, 3.8) is 0 Å². The lowest BCUT2D eigenvalue weighted by Gasteiger charge is -2.23. The molecular formula is C5H11NO3S. The van der Waals surface area contributed by atoms with Gasteiger partial charge in [-0.25, -0.2) is 12.7 Å². The molecule has 0 aliphatic carbocycles. The van der Waals surface area contributed by atoms with E-state index in [1.807, 2.05) is 0 Å². The zero-order valence-electron chi connectivity index (χ0n) is 5.56. The molecule has 1 fully saturated rings. The van der Waals surface area contributed by atoms with E-state index in [0.29, 0.717) is 25.9 Å². The molecule has 0 aromatic rings. The molecule has 1 heterocycles. The third kappa shape index (κ3) is 1.93. The van der Waals surface area contributed by atoms with Gasteiger partial charge in [-0.05, 0) is 12.8 Å². The summed E-state index contributed by atoms with van der Waals surface area (Å²) in [5, 5.41) is 8.99. The second-order valence-electron chi connectivity index (χ2n) is 2.42. The van der Waals surface area contributed by atoms with Gasteiger partial charge in [0.2, 0.25) is 10.9 Å². The van der Waals surface area contributed by atoms with Crippen molar-refractivity contribution in [3.05, 3.63) is 0 Å². The molecule has 0 aromatic carbocycles. The molecule has 0 atom stereocenters. The van der Waals surface area contributed by atoms with Gasteiger partial charge in [-0.15, -0.1) is 0 Å². The lowest BCUT2D eigenvalue weighted by Crippen LogP contribution is -2.34. The van der Waals surface area contributed by atoms with Gasteiger partial charge < -0.3 is 5.11 Å². The van der Waals surface area contributed by atoms with E-state index >= 15 is 0 Å². The molecule has 5 heteroatoms. The fourth-order valence-corrected chi connectivity index (χ4v) is 1.57. The Morgan fingerprint density at radius 1 is 1.30 bits per heavy atom. The van der Waals surface area contributed by atoms with Gasteiger partial charge in [-0.3, -0.25) is 0 Å². The first-order valence-electron chi connectivity index (χ1n) is 3.27. The van der Waals surface area contributed by atoms with Crippen LogP contribution >= 0.6 is 0 Å². The standard InChI is InChI=1S/C5H11NO3S/c7-5-1-3-6(4-2-5)10(8)9/h5,7,10H,1-4H2. The van der Waals surface area contributed by atoms with Crippen LogP contribution in [0.25, 0.3) is 0 Å². The van der Waals surface area contributed by atoms with E-state index in [9.17, 15) is 8.42 Å². The van der Waals surface area contributed by atoms with Crippen molar-refractivity contribution >= 4 is 10.9 Å². The molecular weight excluding hydrogens is 154 g/mol. The van der Waals surface area contributed by atoms with Crippen LogP contribution in [0.2, 0.25) is 0 Å². The Balaban J connectivity index is 2.40. The number of piperidine rings is 1. The molecule has 4 nitrogen and oxygen atoms in total. The summed E-state index contributed by atoms with van der Waals surface area (Å²) in [6.07, 6.45) is 0.846. The molecule has 1 saturated heterocycles. The van der Waals surface area contributed by atoms with Crippen LogP contribution in [-0.4, -0.2) is 37.0 Å². The number of thiol groups is 1. The van der Waals surface area contributed by atoms with Crippen LogP contribution in [0.1, 0.15) is 12.8 Å². The summed E-state index contributed by atoms with van der Waals surface area (Å²) >= 11 is 0. The SMILES string of the molecule is O=[SH](=O)N1CCC(O)CC1. The Bertz CT molecular complexity index is 164. The molecule has 0 unspecified atom stereocenters. The molecule has 1 aliphatic rings. The van der Waals surface area contributed by atoms with E-state index in [4.69, 9.17) is 5.11 Å². The summed E-state index contributed by atoms with van der Waals surface area (Å²) in [5.41, 5.74) is 0. The summed E-state index contributed by atoms with van der Waals surface area (Å²) in [5.74, 6) is 0. The molecule has 60 valence electrons. The molecule has 0 aromatic heterocycles. The maximum atomic E-state index is 10.3. The third-order valence-electron chi connectivity index (χ3n) is 1.67. The predicted molar refractivity (Wildman–Crippen MR) is 37.1 cm³/mol. The van der Waals surface area contributed by atoms with Crippen molar-refractivity contribution in [1.29, 1.82) is 0 Å². The van der Waals surface area contributed by atoms with E-state index in [2.05, 4.69) is 0 Å². The van der Waals surface area contributed by atoms with Crippen molar-refractivity contribution in [2.75, 3.05) is 13.1 Å². The van der Waals surface area contributed by atoms with E-state index < -0.39 is 10.9 Å². The highest BCUT2D eigenvalue weighted by Gasteiger charge is 2.17. The monoisotopic (exact) mass is 165 g/mol. The van der Waals surface area contributed by atoms with Gasteiger partial charge in [0, 0.05) is 13.1 Å². The van der Waals surface area contributed by atoms with Gasteiger partial charge in [-0.2, -0.15) is 0 Å². The predicted octanol–water partition coefficient (Wildman–Crippen LogP) is -1.03. The van der Waals surface area contributed by atoms with Crippen molar-refractivity contribution < 1.29 is 13.5 Å². The molecule has 0 radical (unpaired) electrons. The summed E-state index contributed by atoms with van der Waals surface area (Å²) < 4.78 is 22.0. The zero-order chi connectivity index (χ0) is 7.56. The minimum Gasteiger partial charge on any atom is -0.393 e. The highest BCUT2D eigenvalue weighted by Crippen LogP contribution is 2.08. The minimum atomic E-state index is -2.42. The maximum absolute atomic E-state index is 10.3. The Morgan fingerprint density at radius 3 is 2.20 bits per heavy atom. The molecule has 0 saturated carbocycles. The Morgan fingerprint density at radius 2 is 1.80 bits per heavy atom. The van der Waals surface area contributed by atoms with Crippen LogP contribution in [0.4, 0.5) is 0 Å². The second kappa shape index (κ2) is 3.32. The van der Waals surface area contributed by atoms with E-state index in [0.717, 1.165) is 0 Å². The molecule has 1 rings (SSSR count). The summed E-state index contributed by atoms with van der Waals surface area (Å²) in [7, 11) is -2.42. The molecule has 0 spiro atoms. The van der Waals surface area contributed by atoms with Crippen LogP contribution < -0.4 is 0 Å². The topological polar surface area (TPSA) is 57.6 Å². The Hall–Kier alpha value is -0.130. The second-order valence-corrected chi connectivity index (χ2v) is 3.46. The van der Waals surface area contributed by atoms with Crippen LogP contribution in [0.15, 0.2) is 0 Å². The van der Waals surface area contributed by atoms with Crippen LogP contribution in [0, 0.1) is 0 Å². The van der Waals surface area contributed by atoms with Crippen molar-refractivity contribution in [2.45, 2.75) is 18.9 Å². The summed E-state index contributed by atoms with van der Waals surface area (Å²) in [6, 6.07) is 0. The number of nitrogens with zero attached hydrogens (tertiary/aromatic N) is 1. The first-order chi connectivity index (χ1) is 4.70. The fraction of sp³-hybridized carbons (Fsp3) is 1.00. The van der Waals surface area contributed by atoms with Gasteiger partial charge in [0.15, 0.2) is 0 Å². The molecule has 1 N–H and O–H groups in total. The first kappa shape index (κ1) is 7.97. The smallest absolute Gasteiger partial charge is 0.203 e. The number of aliphatic hydroxyl groups excluding tert-OH is 1. The van der Waals surface area contributed by atoms with Gasteiger partial charge in [0.25, 0.3) is 0 Å². The van der Waals surface area contributed by atoms with Gasteiger partial charge >= 0.3 is 0 Å². The fourth-order valence-electron chi connectivity index (χ4n) is 1.02. The van der Waals surface area contributed by atoms with Gasteiger partial charge in [0.1, 0.15) is 0 Å². The van der Waals surface area contributed by atoms with Gasteiger partial charge in [-0.1, -0.05) is 0 Å². The molecule has 0 amide bonds. The van der Waals surface area contributed by atoms with E-state index in [1.54, 1.807) is 0 Å². The van der Waals surface area contributed by atoms with Crippen LogP contribution in [-0.2, 0) is 10.9 Å². The zero-order valence-corrected chi connectivity index (χ0v) is 6.46. The van der Waals surface area contributed by atoms with E-state index in [1.165, 1.54) is 4.31 Å². The van der Waals surface area contributed by atoms with Crippen molar-refractivity contribution in [3.8, 4) is 0 Å². The number of hydrogen-bond acceptors (Lipinski definition) is 3. The summed E-state index contributed by atoms with van der Waals surface area (Å²) in [6.45, 7) is 0.944. The normalized spacial score (nSPS) is 23.8. The van der Waals surface area contributed by atoms with Crippen LogP contribution in [0.5, 0.6) is 0 Å². The van der Waals surface area contributed by atoms with Crippen LogP contribution in [0.3, 0.4) is 0 Å². The Kier molecular flexibility index (Phi) is 2.64. The minimum absolute atomic E-state index is 0.300. The average molecular weight is 165 g/mol. The third-order valence-corrected chi connectivity index (χ3v) is 2.53. The largest absolute Gasteiger partial charge is 0.393 e. The average Bonchev–Trinajstić information content (AvgIpc) is 1.88. The quantitative estimate of drug-likeness (QED) is 0.488. The number of rotatable bonds is 1. The Labute approximate surface area is 61.5 Å². The molecule has 0 bridgehead atoms. The summed E-state index contributed by atoms with van der Waals surface area (Å²) in [4.78, 5) is 0. The van der Waals surface area contributed by atoms with Crippen molar-refractivity contribution in [2.24, 2.45) is 0 Å². The highest BCUT2D eigenvalue weighted by atomic mass is 32.2. The maximum Gasteiger partial charge on any atom is 0.203 e. The van der Waals surface area contributed by atoms with E-state index in [-0.39, 0.29) is 6.10 Å². The molecule has 1 aliphatic heterocycles. The van der Waals surface area contributed by atoms with Crippen molar-refractivity contribution in [1.82, 2.24) is 4.31 Å². The number of hydrogen-bond donors (Lipinski definition) is 2. The number of aliphatic hydroxyl groups is 1. The van der Waals surface area contributed by atoms with Gasteiger partial charge in [0.05, 0.1) is 6.10 Å². The molecule has 10 heavy (non-hydrogen) atoms. The highest BCUT2D eigenvalue weighted by molar-refractivity contribution is 7.69. The first-order valence-corrected chi connectivity index (χ1v) is 4.40. The lowest BCUT2D eigenvalue weighted by atomic mass is 10.1.